The third kappa shape index (κ3) is 3.44. The maximum atomic E-state index is 13.8. The summed E-state index contributed by atoms with van der Waals surface area (Å²) >= 11 is 0. The first kappa shape index (κ1) is 21.2. The maximum Gasteiger partial charge on any atom is 0.255 e. The van der Waals surface area contributed by atoms with Crippen LogP contribution in [0.3, 0.4) is 0 Å². The van der Waals surface area contributed by atoms with Crippen molar-refractivity contribution in [3.8, 4) is 0 Å². The van der Waals surface area contributed by atoms with Gasteiger partial charge >= 0.3 is 0 Å². The molecule has 3 aromatic heterocycles. The number of aryl methyl sites for hydroxylation is 2. The van der Waals surface area contributed by atoms with E-state index in [2.05, 4.69) is 28.5 Å². The Bertz CT molecular complexity index is 1390. The van der Waals surface area contributed by atoms with Gasteiger partial charge in [-0.3, -0.25) is 4.79 Å². The summed E-state index contributed by atoms with van der Waals surface area (Å²) in [5, 5.41) is 5.89. The van der Waals surface area contributed by atoms with E-state index in [1.807, 2.05) is 47.1 Å². The molecule has 0 spiro atoms. The lowest BCUT2D eigenvalue weighted by molar-refractivity contribution is 0.0608. The molecule has 5 heterocycles. The molecule has 0 saturated carbocycles. The standard InChI is InChI=1S/C26H31N7O/c1-17-15-33-24(28-25(17)31-13-9-18(27)16-31)14-21(29-33)23-7-3-4-11-32(23)26(34)20-6-5-8-22-19(20)10-12-30(22)2/h5-6,8,10,12,14-15,18,23H,3-4,7,9,11,13,16,27H2,1-2H3/t18-,23-/m0/s1. The van der Waals surface area contributed by atoms with Crippen LogP contribution in [0.2, 0.25) is 0 Å². The predicted molar refractivity (Wildman–Crippen MR) is 133 cm³/mol. The molecule has 0 unspecified atom stereocenters. The molecule has 8 nitrogen and oxygen atoms in total. The van der Waals surface area contributed by atoms with Gasteiger partial charge in [0.15, 0.2) is 5.65 Å². The molecule has 2 saturated heterocycles. The molecule has 6 rings (SSSR count). The molecule has 1 amide bonds. The SMILES string of the molecule is Cc1cn2nc([C@@H]3CCCCN3C(=O)c3cccc4c3ccn4C)cc2nc1N1CC[C@H](N)C1. The zero-order valence-electron chi connectivity index (χ0n) is 19.8. The van der Waals surface area contributed by atoms with Crippen LogP contribution in [0.25, 0.3) is 16.6 Å². The first-order valence-corrected chi connectivity index (χ1v) is 12.2. The first-order chi connectivity index (χ1) is 16.5. The monoisotopic (exact) mass is 457 g/mol. The average molecular weight is 458 g/mol. The number of likely N-dealkylation sites (tertiary alicyclic amines) is 1. The molecule has 2 aliphatic heterocycles. The van der Waals surface area contributed by atoms with Gasteiger partial charge in [0, 0.05) is 73.2 Å². The van der Waals surface area contributed by atoms with Gasteiger partial charge in [0.05, 0.1) is 11.7 Å². The molecule has 0 bridgehead atoms. The van der Waals surface area contributed by atoms with Crippen LogP contribution in [0, 0.1) is 6.92 Å². The molecule has 0 aliphatic carbocycles. The highest BCUT2D eigenvalue weighted by Gasteiger charge is 2.32. The van der Waals surface area contributed by atoms with Gasteiger partial charge in [0.2, 0.25) is 0 Å². The molecular weight excluding hydrogens is 426 g/mol. The van der Waals surface area contributed by atoms with Gasteiger partial charge < -0.3 is 20.1 Å². The Morgan fingerprint density at radius 1 is 1.15 bits per heavy atom. The van der Waals surface area contributed by atoms with Gasteiger partial charge in [0.1, 0.15) is 5.82 Å². The molecule has 8 heteroatoms. The van der Waals surface area contributed by atoms with E-state index in [9.17, 15) is 4.79 Å². The number of aromatic nitrogens is 4. The summed E-state index contributed by atoms with van der Waals surface area (Å²) in [5.74, 6) is 1.06. The summed E-state index contributed by atoms with van der Waals surface area (Å²) in [5.41, 5.74) is 10.8. The van der Waals surface area contributed by atoms with Crippen molar-refractivity contribution in [1.82, 2.24) is 24.1 Å². The van der Waals surface area contributed by atoms with Crippen LogP contribution >= 0.6 is 0 Å². The Labute approximate surface area is 199 Å². The van der Waals surface area contributed by atoms with E-state index in [4.69, 9.17) is 15.8 Å². The van der Waals surface area contributed by atoms with Gasteiger partial charge in [-0.15, -0.1) is 0 Å². The van der Waals surface area contributed by atoms with Gasteiger partial charge in [-0.2, -0.15) is 5.10 Å². The van der Waals surface area contributed by atoms with E-state index < -0.39 is 0 Å². The maximum absolute atomic E-state index is 13.8. The predicted octanol–water partition coefficient (Wildman–Crippen LogP) is 3.43. The van der Waals surface area contributed by atoms with Crippen LogP contribution in [0.5, 0.6) is 0 Å². The molecule has 2 atom stereocenters. The molecular formula is C26H31N7O. The third-order valence-corrected chi connectivity index (χ3v) is 7.41. The highest BCUT2D eigenvalue weighted by Crippen LogP contribution is 2.34. The van der Waals surface area contributed by atoms with E-state index in [0.717, 1.165) is 84.5 Å². The van der Waals surface area contributed by atoms with Crippen molar-refractivity contribution in [2.45, 2.75) is 44.7 Å². The number of hydrogen-bond acceptors (Lipinski definition) is 5. The molecule has 34 heavy (non-hydrogen) atoms. The first-order valence-electron chi connectivity index (χ1n) is 12.2. The fourth-order valence-corrected chi connectivity index (χ4v) is 5.61. The Kier molecular flexibility index (Phi) is 5.06. The number of rotatable bonds is 3. The summed E-state index contributed by atoms with van der Waals surface area (Å²) in [6.45, 7) is 4.58. The van der Waals surface area contributed by atoms with E-state index in [1.54, 1.807) is 0 Å². The number of benzene rings is 1. The van der Waals surface area contributed by atoms with Crippen molar-refractivity contribution >= 4 is 28.3 Å². The highest BCUT2D eigenvalue weighted by molar-refractivity contribution is 6.06. The lowest BCUT2D eigenvalue weighted by Crippen LogP contribution is -2.38. The zero-order chi connectivity index (χ0) is 23.4. The number of carbonyl (C=O) groups excluding carboxylic acids is 1. The number of nitrogens with zero attached hydrogens (tertiary/aromatic N) is 6. The summed E-state index contributed by atoms with van der Waals surface area (Å²) in [6.07, 6.45) is 8.05. The quantitative estimate of drug-likeness (QED) is 0.510. The fraction of sp³-hybridized carbons (Fsp3) is 0.423. The zero-order valence-corrected chi connectivity index (χ0v) is 19.8. The Morgan fingerprint density at radius 2 is 2.03 bits per heavy atom. The smallest absolute Gasteiger partial charge is 0.255 e. The van der Waals surface area contributed by atoms with Crippen molar-refractivity contribution in [3.05, 3.63) is 59.5 Å². The Hall–Kier alpha value is -3.39. The van der Waals surface area contributed by atoms with Gasteiger partial charge in [-0.05, 0) is 50.8 Å². The summed E-state index contributed by atoms with van der Waals surface area (Å²) in [6, 6.07) is 10.2. The minimum absolute atomic E-state index is 0.0501. The fourth-order valence-electron chi connectivity index (χ4n) is 5.61. The van der Waals surface area contributed by atoms with Gasteiger partial charge in [0.25, 0.3) is 5.91 Å². The normalized spacial score (nSPS) is 21.1. The van der Waals surface area contributed by atoms with Crippen LogP contribution < -0.4 is 10.6 Å². The average Bonchev–Trinajstić information content (AvgIpc) is 3.56. The van der Waals surface area contributed by atoms with Crippen LogP contribution in [0.15, 0.2) is 42.7 Å². The molecule has 2 fully saturated rings. The summed E-state index contributed by atoms with van der Waals surface area (Å²) in [7, 11) is 2.01. The summed E-state index contributed by atoms with van der Waals surface area (Å²) in [4.78, 5) is 23.0. The second-order valence-electron chi connectivity index (χ2n) is 9.79. The van der Waals surface area contributed by atoms with E-state index in [1.165, 1.54) is 0 Å². The second-order valence-corrected chi connectivity index (χ2v) is 9.79. The minimum Gasteiger partial charge on any atom is -0.355 e. The van der Waals surface area contributed by atoms with E-state index in [-0.39, 0.29) is 18.0 Å². The molecule has 2 aliphatic rings. The molecule has 2 N–H and O–H groups in total. The lowest BCUT2D eigenvalue weighted by Gasteiger charge is -2.35. The van der Waals surface area contributed by atoms with Crippen molar-refractivity contribution in [3.63, 3.8) is 0 Å². The number of anilines is 1. The van der Waals surface area contributed by atoms with Crippen LogP contribution in [-0.2, 0) is 7.05 Å². The van der Waals surface area contributed by atoms with Crippen molar-refractivity contribution in [2.24, 2.45) is 12.8 Å². The van der Waals surface area contributed by atoms with Crippen LogP contribution in [0.1, 0.15) is 53.3 Å². The van der Waals surface area contributed by atoms with Crippen LogP contribution in [0.4, 0.5) is 5.82 Å². The Balaban J connectivity index is 1.35. The number of amides is 1. The number of nitrogens with two attached hydrogens (primary N) is 1. The Morgan fingerprint density at radius 3 is 2.85 bits per heavy atom. The van der Waals surface area contributed by atoms with Crippen molar-refractivity contribution in [1.29, 1.82) is 0 Å². The van der Waals surface area contributed by atoms with E-state index in [0.29, 0.717) is 0 Å². The van der Waals surface area contributed by atoms with E-state index >= 15 is 0 Å². The number of fused-ring (bicyclic) bond motifs is 2. The van der Waals surface area contributed by atoms with Gasteiger partial charge in [-0.1, -0.05) is 6.07 Å². The minimum atomic E-state index is -0.0501. The number of piperidine rings is 1. The van der Waals surface area contributed by atoms with Crippen molar-refractivity contribution in [2.75, 3.05) is 24.5 Å². The van der Waals surface area contributed by atoms with Crippen LogP contribution in [-0.4, -0.2) is 55.6 Å². The topological polar surface area (TPSA) is 84.7 Å². The lowest BCUT2D eigenvalue weighted by atomic mass is 9.97. The largest absolute Gasteiger partial charge is 0.355 e. The molecule has 1 aromatic carbocycles. The van der Waals surface area contributed by atoms with Gasteiger partial charge in [-0.25, -0.2) is 9.50 Å². The number of carbonyl (C=O) groups is 1. The van der Waals surface area contributed by atoms with Crippen molar-refractivity contribution < 1.29 is 4.79 Å². The molecule has 0 radical (unpaired) electrons. The number of hydrogen-bond donors (Lipinski definition) is 1. The second kappa shape index (κ2) is 8.13. The molecule has 176 valence electrons. The molecule has 4 aromatic rings. The third-order valence-electron chi connectivity index (χ3n) is 7.41. The summed E-state index contributed by atoms with van der Waals surface area (Å²) < 4.78 is 3.92. The highest BCUT2D eigenvalue weighted by atomic mass is 16.2.